The quantitative estimate of drug-likeness (QED) is 0.385. The molecule has 0 heterocycles. The van der Waals surface area contributed by atoms with E-state index in [1.807, 2.05) is 19.9 Å². The molecule has 0 fully saturated rings. The van der Waals surface area contributed by atoms with Crippen LogP contribution in [0, 0.1) is 24.0 Å². The average Bonchev–Trinajstić information content (AvgIpc) is 2.54. The number of nitrogens with zero attached hydrogens (tertiary/aromatic N) is 2. The normalized spacial score (nSPS) is 10.5. The summed E-state index contributed by atoms with van der Waals surface area (Å²) in [5.41, 5.74) is 5.05. The summed E-state index contributed by atoms with van der Waals surface area (Å²) in [6.07, 6.45) is 1.28. The summed E-state index contributed by atoms with van der Waals surface area (Å²) in [5.74, 6) is -1.76. The summed E-state index contributed by atoms with van der Waals surface area (Å²) in [4.78, 5) is 33.6. The molecular formula is C17H16N4O4. The number of nitrogens with one attached hydrogen (secondary N) is 2. The molecule has 0 spiro atoms. The Labute approximate surface area is 143 Å². The van der Waals surface area contributed by atoms with Crippen molar-refractivity contribution in [3.05, 3.63) is 69.3 Å². The lowest BCUT2D eigenvalue weighted by molar-refractivity contribution is -0.384. The van der Waals surface area contributed by atoms with Gasteiger partial charge in [-0.15, -0.1) is 0 Å². The van der Waals surface area contributed by atoms with E-state index >= 15 is 0 Å². The maximum Gasteiger partial charge on any atom is 0.329 e. The van der Waals surface area contributed by atoms with E-state index in [0.29, 0.717) is 11.3 Å². The lowest BCUT2D eigenvalue weighted by Crippen LogP contribution is -2.32. The first-order valence-corrected chi connectivity index (χ1v) is 7.32. The van der Waals surface area contributed by atoms with E-state index in [9.17, 15) is 19.7 Å². The van der Waals surface area contributed by atoms with Crippen LogP contribution in [0.5, 0.6) is 0 Å². The van der Waals surface area contributed by atoms with Gasteiger partial charge in [-0.3, -0.25) is 19.7 Å². The number of rotatable bonds is 4. The second-order valence-corrected chi connectivity index (χ2v) is 5.38. The average molecular weight is 340 g/mol. The Morgan fingerprint density at radius 2 is 1.64 bits per heavy atom. The third-order valence-electron chi connectivity index (χ3n) is 3.17. The molecule has 0 saturated heterocycles. The Kier molecular flexibility index (Phi) is 5.57. The molecule has 2 aromatic carbocycles. The third kappa shape index (κ3) is 5.24. The fourth-order valence-electron chi connectivity index (χ4n) is 2.13. The molecule has 0 aliphatic carbocycles. The van der Waals surface area contributed by atoms with Gasteiger partial charge < -0.3 is 5.32 Å². The van der Waals surface area contributed by atoms with Crippen LogP contribution in [0.4, 0.5) is 11.4 Å². The molecule has 25 heavy (non-hydrogen) atoms. The molecule has 0 radical (unpaired) electrons. The lowest BCUT2D eigenvalue weighted by Gasteiger charge is -2.06. The highest BCUT2D eigenvalue weighted by Gasteiger charge is 2.13. The summed E-state index contributed by atoms with van der Waals surface area (Å²) in [6, 6.07) is 11.0. The van der Waals surface area contributed by atoms with E-state index < -0.39 is 16.7 Å². The molecule has 2 amide bonds. The first kappa shape index (κ1) is 17.8. The predicted molar refractivity (Wildman–Crippen MR) is 93.4 cm³/mol. The zero-order valence-electron chi connectivity index (χ0n) is 13.6. The van der Waals surface area contributed by atoms with Crippen molar-refractivity contribution in [2.24, 2.45) is 5.10 Å². The summed E-state index contributed by atoms with van der Waals surface area (Å²) in [5, 5.41) is 16.7. The van der Waals surface area contributed by atoms with Crippen LogP contribution in [0.25, 0.3) is 0 Å². The number of hydrogen-bond acceptors (Lipinski definition) is 5. The Balaban J connectivity index is 1.92. The number of aryl methyl sites for hydroxylation is 2. The number of hydrogen-bond donors (Lipinski definition) is 2. The number of carbonyl (C=O) groups is 2. The van der Waals surface area contributed by atoms with Crippen LogP contribution in [0.15, 0.2) is 47.6 Å². The Bertz CT molecular complexity index is 824. The van der Waals surface area contributed by atoms with Crippen LogP contribution in [0.1, 0.15) is 16.7 Å². The Morgan fingerprint density at radius 1 is 1.04 bits per heavy atom. The van der Waals surface area contributed by atoms with Gasteiger partial charge in [-0.1, -0.05) is 6.07 Å². The zero-order valence-corrected chi connectivity index (χ0v) is 13.6. The lowest BCUT2D eigenvalue weighted by atomic mass is 10.1. The molecule has 0 bridgehead atoms. The predicted octanol–water partition coefficient (Wildman–Crippen LogP) is 2.30. The Morgan fingerprint density at radius 3 is 2.20 bits per heavy atom. The molecule has 0 aliphatic rings. The van der Waals surface area contributed by atoms with Gasteiger partial charge >= 0.3 is 11.8 Å². The van der Waals surface area contributed by atoms with E-state index in [0.717, 1.165) is 11.1 Å². The third-order valence-corrected chi connectivity index (χ3v) is 3.17. The van der Waals surface area contributed by atoms with E-state index in [1.165, 1.54) is 30.5 Å². The van der Waals surface area contributed by atoms with Gasteiger partial charge in [0.2, 0.25) is 0 Å². The topological polar surface area (TPSA) is 114 Å². The molecule has 8 heteroatoms. The van der Waals surface area contributed by atoms with Crippen molar-refractivity contribution in [2.45, 2.75) is 13.8 Å². The van der Waals surface area contributed by atoms with Crippen molar-refractivity contribution in [1.29, 1.82) is 0 Å². The smallest absolute Gasteiger partial charge is 0.318 e. The highest BCUT2D eigenvalue weighted by atomic mass is 16.6. The number of non-ortho nitro benzene ring substituents is 1. The van der Waals surface area contributed by atoms with Crippen molar-refractivity contribution < 1.29 is 14.5 Å². The first-order valence-electron chi connectivity index (χ1n) is 7.32. The minimum Gasteiger partial charge on any atom is -0.318 e. The summed E-state index contributed by atoms with van der Waals surface area (Å²) in [6.45, 7) is 3.77. The van der Waals surface area contributed by atoms with Crippen LogP contribution >= 0.6 is 0 Å². The molecule has 0 aromatic heterocycles. The van der Waals surface area contributed by atoms with Crippen molar-refractivity contribution in [3.8, 4) is 0 Å². The minimum atomic E-state index is -0.919. The number of benzene rings is 2. The van der Waals surface area contributed by atoms with Gasteiger partial charge in [0.05, 0.1) is 11.1 Å². The fourth-order valence-corrected chi connectivity index (χ4v) is 2.13. The van der Waals surface area contributed by atoms with Gasteiger partial charge in [-0.05, 0) is 54.8 Å². The molecule has 128 valence electrons. The zero-order chi connectivity index (χ0) is 18.4. The summed E-state index contributed by atoms with van der Waals surface area (Å²) < 4.78 is 0. The number of carbonyl (C=O) groups excluding carboxylic acids is 2. The van der Waals surface area contributed by atoms with Gasteiger partial charge in [-0.25, -0.2) is 5.43 Å². The van der Waals surface area contributed by atoms with E-state index in [1.54, 1.807) is 12.1 Å². The fraction of sp³-hybridized carbons (Fsp3) is 0.118. The van der Waals surface area contributed by atoms with Gasteiger partial charge in [0, 0.05) is 17.8 Å². The van der Waals surface area contributed by atoms with Crippen LogP contribution in [-0.2, 0) is 9.59 Å². The minimum absolute atomic E-state index is 0.0472. The molecule has 2 N–H and O–H groups in total. The van der Waals surface area contributed by atoms with E-state index in [4.69, 9.17) is 0 Å². The standard InChI is InChI=1S/C17H16N4O4/c1-11-7-12(2)9-14(8-11)19-16(22)17(23)20-18-10-13-3-5-15(6-4-13)21(24)25/h3-10H,1-2H3,(H,19,22)(H,20,23). The number of nitro benzene ring substituents is 1. The maximum absolute atomic E-state index is 11.8. The number of amides is 2. The van der Waals surface area contributed by atoms with Crippen molar-refractivity contribution in [3.63, 3.8) is 0 Å². The molecule has 0 atom stereocenters. The van der Waals surface area contributed by atoms with Crippen molar-refractivity contribution in [2.75, 3.05) is 5.32 Å². The second-order valence-electron chi connectivity index (χ2n) is 5.38. The van der Waals surface area contributed by atoms with Gasteiger partial charge in [0.1, 0.15) is 0 Å². The molecular weight excluding hydrogens is 324 g/mol. The Hall–Kier alpha value is -3.55. The molecule has 0 unspecified atom stereocenters. The van der Waals surface area contributed by atoms with Crippen LogP contribution in [0.3, 0.4) is 0 Å². The van der Waals surface area contributed by atoms with Crippen molar-refractivity contribution in [1.82, 2.24) is 5.43 Å². The molecule has 2 aromatic rings. The summed E-state index contributed by atoms with van der Waals surface area (Å²) >= 11 is 0. The molecule has 0 aliphatic heterocycles. The van der Waals surface area contributed by atoms with Crippen LogP contribution in [0.2, 0.25) is 0 Å². The number of anilines is 1. The van der Waals surface area contributed by atoms with E-state index in [2.05, 4.69) is 15.8 Å². The summed E-state index contributed by atoms with van der Waals surface area (Å²) in [7, 11) is 0. The SMILES string of the molecule is Cc1cc(C)cc(NC(=O)C(=O)NN=Cc2ccc([N+](=O)[O-])cc2)c1. The molecule has 0 saturated carbocycles. The monoisotopic (exact) mass is 340 g/mol. The van der Waals surface area contributed by atoms with Gasteiger partial charge in [-0.2, -0.15) is 5.10 Å². The molecule has 2 rings (SSSR count). The first-order chi connectivity index (χ1) is 11.8. The van der Waals surface area contributed by atoms with Crippen LogP contribution < -0.4 is 10.7 Å². The number of hydrazone groups is 1. The second kappa shape index (κ2) is 7.82. The van der Waals surface area contributed by atoms with Crippen molar-refractivity contribution >= 4 is 29.4 Å². The highest BCUT2D eigenvalue weighted by Crippen LogP contribution is 2.13. The number of nitro groups is 1. The maximum atomic E-state index is 11.8. The molecule has 8 nitrogen and oxygen atoms in total. The highest BCUT2D eigenvalue weighted by molar-refractivity contribution is 6.39. The van der Waals surface area contributed by atoms with E-state index in [-0.39, 0.29) is 5.69 Å². The van der Waals surface area contributed by atoms with Gasteiger partial charge in [0.15, 0.2) is 0 Å². The van der Waals surface area contributed by atoms with Gasteiger partial charge in [0.25, 0.3) is 5.69 Å². The largest absolute Gasteiger partial charge is 0.329 e. The van der Waals surface area contributed by atoms with Crippen LogP contribution in [-0.4, -0.2) is 23.0 Å².